The second kappa shape index (κ2) is 6.00. The lowest BCUT2D eigenvalue weighted by Crippen LogP contribution is -2.21. The van der Waals surface area contributed by atoms with Crippen LogP contribution in [0.25, 0.3) is 0 Å². The molecule has 0 aliphatic heterocycles. The summed E-state index contributed by atoms with van der Waals surface area (Å²) in [7, 11) is 0. The molecule has 0 saturated heterocycles. The second-order valence-corrected chi connectivity index (χ2v) is 3.75. The number of nitrogens with zero attached hydrogens (tertiary/aromatic N) is 2. The van der Waals surface area contributed by atoms with Gasteiger partial charge in [0.1, 0.15) is 0 Å². The first-order chi connectivity index (χ1) is 7.65. The number of carbonyl (C=O) groups is 1. The van der Waals surface area contributed by atoms with Crippen LogP contribution >= 0.6 is 0 Å². The van der Waals surface area contributed by atoms with Crippen LogP contribution in [0.4, 0.5) is 0 Å². The zero-order valence-corrected chi connectivity index (χ0v) is 9.90. The van der Waals surface area contributed by atoms with Gasteiger partial charge in [-0.25, -0.2) is 5.43 Å². The average molecular weight is 219 g/mol. The molecular weight excluding hydrogens is 202 g/mol. The molecule has 1 aromatic heterocycles. The highest BCUT2D eigenvalue weighted by atomic mass is 16.2. The topological polar surface area (TPSA) is 54.4 Å². The minimum absolute atomic E-state index is 0.226. The van der Waals surface area contributed by atoms with Crippen molar-refractivity contribution >= 4 is 11.6 Å². The number of amides is 1. The second-order valence-electron chi connectivity index (χ2n) is 3.75. The molecule has 0 saturated carbocycles. The standard InChI is InChI=1S/C12H17N3O/c1-4-9(2)10(3)14-15-12(16)11-6-5-7-13-8-11/h5-9H,4H2,1-3H3,(H,15,16)/b14-10-/t9-/m0/s1. The molecule has 16 heavy (non-hydrogen) atoms. The predicted octanol–water partition coefficient (Wildman–Crippen LogP) is 2.23. The molecule has 0 aromatic carbocycles. The molecule has 1 amide bonds. The predicted molar refractivity (Wildman–Crippen MR) is 64.3 cm³/mol. The van der Waals surface area contributed by atoms with Gasteiger partial charge in [-0.15, -0.1) is 0 Å². The van der Waals surface area contributed by atoms with Crippen LogP contribution in [0, 0.1) is 5.92 Å². The molecule has 0 fully saturated rings. The van der Waals surface area contributed by atoms with E-state index in [4.69, 9.17) is 0 Å². The zero-order chi connectivity index (χ0) is 12.0. The Morgan fingerprint density at radius 1 is 1.62 bits per heavy atom. The van der Waals surface area contributed by atoms with Crippen LogP contribution in [0.1, 0.15) is 37.6 Å². The Bertz CT molecular complexity index is 373. The summed E-state index contributed by atoms with van der Waals surface area (Å²) in [6, 6.07) is 3.43. The number of hydrogen-bond acceptors (Lipinski definition) is 3. The number of nitrogens with one attached hydrogen (secondary N) is 1. The Balaban J connectivity index is 2.60. The molecule has 1 N–H and O–H groups in total. The van der Waals surface area contributed by atoms with Gasteiger partial charge in [-0.05, 0) is 31.4 Å². The van der Waals surface area contributed by atoms with Gasteiger partial charge in [-0.2, -0.15) is 5.10 Å². The van der Waals surface area contributed by atoms with Crippen LogP contribution < -0.4 is 5.43 Å². The molecule has 4 heteroatoms. The van der Waals surface area contributed by atoms with E-state index < -0.39 is 0 Å². The van der Waals surface area contributed by atoms with Crippen molar-refractivity contribution in [1.82, 2.24) is 10.4 Å². The number of rotatable bonds is 4. The minimum Gasteiger partial charge on any atom is -0.267 e. The van der Waals surface area contributed by atoms with E-state index in [2.05, 4.69) is 29.4 Å². The molecule has 1 atom stereocenters. The lowest BCUT2D eigenvalue weighted by Gasteiger charge is -2.07. The smallest absolute Gasteiger partial charge is 0.267 e. The SMILES string of the molecule is CC[C@H](C)/C(C)=N\NC(=O)c1cccnc1. The molecule has 4 nitrogen and oxygen atoms in total. The summed E-state index contributed by atoms with van der Waals surface area (Å²) in [6.45, 7) is 6.08. The summed E-state index contributed by atoms with van der Waals surface area (Å²) in [5.74, 6) is 0.157. The molecule has 1 aromatic rings. The fraction of sp³-hybridized carbons (Fsp3) is 0.417. The van der Waals surface area contributed by atoms with E-state index in [0.717, 1.165) is 12.1 Å². The number of carbonyl (C=O) groups excluding carboxylic acids is 1. The number of hydrazone groups is 1. The van der Waals surface area contributed by atoms with Gasteiger partial charge in [-0.1, -0.05) is 13.8 Å². The Morgan fingerprint density at radius 3 is 2.94 bits per heavy atom. The van der Waals surface area contributed by atoms with Gasteiger partial charge in [0.05, 0.1) is 5.56 Å². The molecule has 1 rings (SSSR count). The van der Waals surface area contributed by atoms with Crippen molar-refractivity contribution in [2.24, 2.45) is 11.0 Å². The van der Waals surface area contributed by atoms with E-state index in [1.165, 1.54) is 6.20 Å². The third-order valence-corrected chi connectivity index (χ3v) is 2.58. The first kappa shape index (κ1) is 12.4. The van der Waals surface area contributed by atoms with E-state index in [0.29, 0.717) is 11.5 Å². The molecule has 0 aliphatic carbocycles. The molecule has 0 bridgehead atoms. The van der Waals surface area contributed by atoms with Gasteiger partial charge in [0.15, 0.2) is 0 Å². The largest absolute Gasteiger partial charge is 0.272 e. The minimum atomic E-state index is -0.226. The van der Waals surface area contributed by atoms with Crippen LogP contribution in [-0.4, -0.2) is 16.6 Å². The Morgan fingerprint density at radius 2 is 2.38 bits per heavy atom. The lowest BCUT2D eigenvalue weighted by molar-refractivity contribution is 0.0954. The van der Waals surface area contributed by atoms with Crippen molar-refractivity contribution in [2.75, 3.05) is 0 Å². The van der Waals surface area contributed by atoms with Crippen molar-refractivity contribution in [3.8, 4) is 0 Å². The molecule has 0 aliphatic rings. The van der Waals surface area contributed by atoms with Gasteiger partial charge >= 0.3 is 0 Å². The quantitative estimate of drug-likeness (QED) is 0.623. The van der Waals surface area contributed by atoms with Crippen LogP contribution in [0.2, 0.25) is 0 Å². The van der Waals surface area contributed by atoms with Crippen LogP contribution in [0.5, 0.6) is 0 Å². The highest BCUT2D eigenvalue weighted by Crippen LogP contribution is 2.03. The van der Waals surface area contributed by atoms with E-state index in [1.807, 2.05) is 6.92 Å². The third-order valence-electron chi connectivity index (χ3n) is 2.58. The van der Waals surface area contributed by atoms with Crippen molar-refractivity contribution < 1.29 is 4.79 Å². The van der Waals surface area contributed by atoms with Crippen LogP contribution in [0.3, 0.4) is 0 Å². The first-order valence-electron chi connectivity index (χ1n) is 5.39. The Labute approximate surface area is 95.8 Å². The summed E-state index contributed by atoms with van der Waals surface area (Å²) >= 11 is 0. The van der Waals surface area contributed by atoms with Gasteiger partial charge in [0.25, 0.3) is 5.91 Å². The maximum absolute atomic E-state index is 11.6. The summed E-state index contributed by atoms with van der Waals surface area (Å²) in [4.78, 5) is 15.5. The van der Waals surface area contributed by atoms with E-state index in [9.17, 15) is 4.79 Å². The fourth-order valence-electron chi connectivity index (χ4n) is 1.11. The third kappa shape index (κ3) is 3.46. The number of hydrogen-bond donors (Lipinski definition) is 1. The van der Waals surface area contributed by atoms with Crippen molar-refractivity contribution in [3.05, 3.63) is 30.1 Å². The van der Waals surface area contributed by atoms with Crippen molar-refractivity contribution in [3.63, 3.8) is 0 Å². The van der Waals surface area contributed by atoms with Gasteiger partial charge in [-0.3, -0.25) is 9.78 Å². The Kier molecular flexibility index (Phi) is 4.64. The highest BCUT2D eigenvalue weighted by molar-refractivity contribution is 5.95. The zero-order valence-electron chi connectivity index (χ0n) is 9.90. The first-order valence-corrected chi connectivity index (χ1v) is 5.39. The lowest BCUT2D eigenvalue weighted by atomic mass is 10.1. The molecule has 0 spiro atoms. The summed E-state index contributed by atoms with van der Waals surface area (Å²) in [5.41, 5.74) is 3.97. The fourth-order valence-corrected chi connectivity index (χ4v) is 1.11. The normalized spacial score (nSPS) is 13.3. The molecule has 0 radical (unpaired) electrons. The van der Waals surface area contributed by atoms with Gasteiger partial charge in [0.2, 0.25) is 0 Å². The summed E-state index contributed by atoms with van der Waals surface area (Å²) in [6.07, 6.45) is 4.16. The molecule has 1 heterocycles. The number of aromatic nitrogens is 1. The molecular formula is C12H17N3O. The summed E-state index contributed by atoms with van der Waals surface area (Å²) in [5, 5.41) is 4.06. The van der Waals surface area contributed by atoms with E-state index >= 15 is 0 Å². The van der Waals surface area contributed by atoms with Crippen LogP contribution in [0.15, 0.2) is 29.6 Å². The van der Waals surface area contributed by atoms with E-state index in [1.54, 1.807) is 18.3 Å². The van der Waals surface area contributed by atoms with Crippen molar-refractivity contribution in [1.29, 1.82) is 0 Å². The Hall–Kier alpha value is -1.71. The van der Waals surface area contributed by atoms with Gasteiger partial charge in [0, 0.05) is 18.1 Å². The monoisotopic (exact) mass is 219 g/mol. The van der Waals surface area contributed by atoms with Crippen LogP contribution in [-0.2, 0) is 0 Å². The summed E-state index contributed by atoms with van der Waals surface area (Å²) < 4.78 is 0. The highest BCUT2D eigenvalue weighted by Gasteiger charge is 2.05. The van der Waals surface area contributed by atoms with Crippen molar-refractivity contribution in [2.45, 2.75) is 27.2 Å². The number of pyridine rings is 1. The average Bonchev–Trinajstić information content (AvgIpc) is 2.35. The maximum atomic E-state index is 11.6. The molecule has 0 unspecified atom stereocenters. The maximum Gasteiger partial charge on any atom is 0.272 e. The molecule has 86 valence electrons. The van der Waals surface area contributed by atoms with E-state index in [-0.39, 0.29) is 5.91 Å². The van der Waals surface area contributed by atoms with Gasteiger partial charge < -0.3 is 0 Å².